The van der Waals surface area contributed by atoms with Crippen molar-refractivity contribution in [3.05, 3.63) is 11.9 Å². The van der Waals surface area contributed by atoms with Gasteiger partial charge in [0.25, 0.3) is 5.91 Å². The Kier molecular flexibility index (Phi) is 5.76. The van der Waals surface area contributed by atoms with Gasteiger partial charge in [-0.3, -0.25) is 9.48 Å². The van der Waals surface area contributed by atoms with E-state index in [2.05, 4.69) is 29.6 Å². The van der Waals surface area contributed by atoms with Crippen molar-refractivity contribution in [3.63, 3.8) is 0 Å². The quantitative estimate of drug-likeness (QED) is 0.831. The number of likely N-dealkylation sites (tertiary alicyclic amines) is 1. The first-order valence-corrected chi connectivity index (χ1v) is 8.32. The number of carbonyl (C=O) groups is 1. The lowest BCUT2D eigenvalue weighted by Crippen LogP contribution is -2.38. The summed E-state index contributed by atoms with van der Waals surface area (Å²) in [5, 5.41) is 11.0. The first-order valence-electron chi connectivity index (χ1n) is 7.91. The van der Waals surface area contributed by atoms with Crippen LogP contribution < -0.4 is 10.6 Å². The van der Waals surface area contributed by atoms with Gasteiger partial charge in [0.15, 0.2) is 5.11 Å². The minimum Gasteiger partial charge on any atom is -0.360 e. The number of thiocarbonyl (C=S) groups is 1. The lowest BCUT2D eigenvalue weighted by Gasteiger charge is -2.27. The summed E-state index contributed by atoms with van der Waals surface area (Å²) in [6.07, 6.45) is 5.97. The number of rotatable bonds is 4. The topological polar surface area (TPSA) is 62.2 Å². The van der Waals surface area contributed by atoms with Gasteiger partial charge in [-0.25, -0.2) is 0 Å². The zero-order chi connectivity index (χ0) is 16.1. The van der Waals surface area contributed by atoms with Crippen molar-refractivity contribution < 1.29 is 4.79 Å². The van der Waals surface area contributed by atoms with Crippen LogP contribution in [0.2, 0.25) is 0 Å². The molecule has 1 aromatic rings. The Balaban J connectivity index is 2.10. The second-order valence-electron chi connectivity index (χ2n) is 5.79. The molecule has 0 bridgehead atoms. The van der Waals surface area contributed by atoms with Crippen LogP contribution in [0.15, 0.2) is 6.20 Å². The van der Waals surface area contributed by atoms with Crippen LogP contribution in [0.25, 0.3) is 0 Å². The number of anilines is 1. The molecule has 1 atom stereocenters. The van der Waals surface area contributed by atoms with Crippen molar-refractivity contribution in [2.45, 2.75) is 45.6 Å². The SMILES string of the molecule is CCC(C)NC(=S)Nc1cnn(C)c1C(=O)N1CCCCC1. The van der Waals surface area contributed by atoms with Crippen LogP contribution in [-0.2, 0) is 7.05 Å². The number of hydrogen-bond acceptors (Lipinski definition) is 3. The van der Waals surface area contributed by atoms with Gasteiger partial charge in [0.1, 0.15) is 5.69 Å². The maximum atomic E-state index is 12.7. The van der Waals surface area contributed by atoms with E-state index < -0.39 is 0 Å². The molecule has 0 spiro atoms. The molecule has 1 fully saturated rings. The molecule has 6 nitrogen and oxygen atoms in total. The number of piperidine rings is 1. The molecular formula is C15H25N5OS. The maximum Gasteiger partial charge on any atom is 0.274 e. The highest BCUT2D eigenvalue weighted by Gasteiger charge is 2.24. The minimum atomic E-state index is 0.0218. The molecule has 0 aromatic carbocycles. The van der Waals surface area contributed by atoms with Crippen LogP contribution in [0.5, 0.6) is 0 Å². The van der Waals surface area contributed by atoms with Gasteiger partial charge in [0, 0.05) is 26.2 Å². The maximum absolute atomic E-state index is 12.7. The molecule has 0 radical (unpaired) electrons. The predicted octanol–water partition coefficient (Wildman–Crippen LogP) is 2.13. The zero-order valence-electron chi connectivity index (χ0n) is 13.6. The fourth-order valence-corrected chi connectivity index (χ4v) is 2.82. The van der Waals surface area contributed by atoms with Gasteiger partial charge in [0.2, 0.25) is 0 Å². The van der Waals surface area contributed by atoms with Gasteiger partial charge in [0.05, 0.1) is 11.9 Å². The van der Waals surface area contributed by atoms with Crippen LogP contribution in [0, 0.1) is 0 Å². The lowest BCUT2D eigenvalue weighted by molar-refractivity contribution is 0.0714. The second-order valence-corrected chi connectivity index (χ2v) is 6.20. The monoisotopic (exact) mass is 323 g/mol. The molecule has 0 aliphatic carbocycles. The largest absolute Gasteiger partial charge is 0.360 e. The summed E-state index contributed by atoms with van der Waals surface area (Å²) in [4.78, 5) is 14.6. The molecule has 7 heteroatoms. The highest BCUT2D eigenvalue weighted by molar-refractivity contribution is 7.80. The van der Waals surface area contributed by atoms with E-state index in [1.54, 1.807) is 17.9 Å². The lowest BCUT2D eigenvalue weighted by atomic mass is 10.1. The molecule has 2 heterocycles. The third-order valence-electron chi connectivity index (χ3n) is 4.02. The summed E-state index contributed by atoms with van der Waals surface area (Å²) >= 11 is 5.31. The van der Waals surface area contributed by atoms with Gasteiger partial charge >= 0.3 is 0 Å². The second kappa shape index (κ2) is 7.58. The third-order valence-corrected chi connectivity index (χ3v) is 4.24. The standard InChI is InChI=1S/C15H25N5OS/c1-4-11(2)17-15(22)18-12-10-16-19(3)13(12)14(21)20-8-6-5-7-9-20/h10-11H,4-9H2,1-3H3,(H2,17,18,22). The van der Waals surface area contributed by atoms with Gasteiger partial charge in [-0.05, 0) is 44.8 Å². The van der Waals surface area contributed by atoms with Gasteiger partial charge in [-0.1, -0.05) is 6.92 Å². The Bertz CT molecular complexity index is 536. The summed E-state index contributed by atoms with van der Waals surface area (Å²) in [6, 6.07) is 0.290. The van der Waals surface area contributed by atoms with E-state index in [4.69, 9.17) is 12.2 Å². The van der Waals surface area contributed by atoms with Crippen LogP contribution in [-0.4, -0.2) is 44.8 Å². The van der Waals surface area contributed by atoms with Gasteiger partial charge < -0.3 is 15.5 Å². The number of carbonyl (C=O) groups excluding carboxylic acids is 1. The summed E-state index contributed by atoms with van der Waals surface area (Å²) in [7, 11) is 1.79. The van der Waals surface area contributed by atoms with E-state index in [1.165, 1.54) is 6.42 Å². The van der Waals surface area contributed by atoms with Crippen LogP contribution in [0.1, 0.15) is 50.0 Å². The number of amides is 1. The van der Waals surface area contributed by atoms with Crippen molar-refractivity contribution in [1.29, 1.82) is 0 Å². The Morgan fingerprint density at radius 1 is 1.41 bits per heavy atom. The molecule has 1 aliphatic heterocycles. The molecule has 1 aliphatic rings. The van der Waals surface area contributed by atoms with Crippen LogP contribution in [0.3, 0.4) is 0 Å². The first-order chi connectivity index (χ1) is 10.5. The molecule has 1 amide bonds. The fourth-order valence-electron chi connectivity index (χ4n) is 2.51. The van der Waals surface area contributed by atoms with E-state index in [0.717, 1.165) is 32.4 Å². The number of nitrogens with one attached hydrogen (secondary N) is 2. The summed E-state index contributed by atoms with van der Waals surface area (Å²) in [6.45, 7) is 5.80. The van der Waals surface area contributed by atoms with Crippen molar-refractivity contribution >= 4 is 28.9 Å². The summed E-state index contributed by atoms with van der Waals surface area (Å²) in [5.41, 5.74) is 1.23. The Labute approximate surface area is 137 Å². The Hall–Kier alpha value is -1.63. The average molecular weight is 323 g/mol. The highest BCUT2D eigenvalue weighted by Crippen LogP contribution is 2.19. The van der Waals surface area contributed by atoms with Gasteiger partial charge in [-0.2, -0.15) is 5.10 Å². The molecule has 1 saturated heterocycles. The van der Waals surface area contributed by atoms with E-state index in [-0.39, 0.29) is 11.9 Å². The average Bonchev–Trinajstić information content (AvgIpc) is 2.87. The van der Waals surface area contributed by atoms with E-state index >= 15 is 0 Å². The van der Waals surface area contributed by atoms with Crippen molar-refractivity contribution in [2.24, 2.45) is 7.05 Å². The predicted molar refractivity (Wildman–Crippen MR) is 92.1 cm³/mol. The molecule has 2 rings (SSSR count). The fraction of sp³-hybridized carbons (Fsp3) is 0.667. The van der Waals surface area contributed by atoms with Crippen LogP contribution in [0.4, 0.5) is 5.69 Å². The van der Waals surface area contributed by atoms with Crippen molar-refractivity contribution in [1.82, 2.24) is 20.0 Å². The van der Waals surface area contributed by atoms with E-state index in [9.17, 15) is 4.79 Å². The molecule has 0 saturated carbocycles. The number of hydrogen-bond donors (Lipinski definition) is 2. The molecule has 22 heavy (non-hydrogen) atoms. The first kappa shape index (κ1) is 16.7. The van der Waals surface area contributed by atoms with Crippen molar-refractivity contribution in [2.75, 3.05) is 18.4 Å². The Morgan fingerprint density at radius 3 is 2.73 bits per heavy atom. The summed E-state index contributed by atoms with van der Waals surface area (Å²) in [5.74, 6) is 0.0218. The zero-order valence-corrected chi connectivity index (χ0v) is 14.4. The minimum absolute atomic E-state index is 0.0218. The summed E-state index contributed by atoms with van der Waals surface area (Å²) < 4.78 is 1.62. The Morgan fingerprint density at radius 2 is 2.09 bits per heavy atom. The van der Waals surface area contributed by atoms with Crippen molar-refractivity contribution in [3.8, 4) is 0 Å². The molecule has 1 aromatic heterocycles. The molecular weight excluding hydrogens is 298 g/mol. The molecule has 122 valence electrons. The number of nitrogens with zero attached hydrogens (tertiary/aromatic N) is 3. The van der Waals surface area contributed by atoms with Gasteiger partial charge in [-0.15, -0.1) is 0 Å². The number of aromatic nitrogens is 2. The van der Waals surface area contributed by atoms with Crippen LogP contribution >= 0.6 is 12.2 Å². The third kappa shape index (κ3) is 3.97. The normalized spacial score (nSPS) is 16.2. The molecule has 1 unspecified atom stereocenters. The number of aryl methyl sites for hydroxylation is 1. The van der Waals surface area contributed by atoms with E-state index in [1.807, 2.05) is 4.90 Å². The molecule has 2 N–H and O–H groups in total. The van der Waals surface area contributed by atoms with E-state index in [0.29, 0.717) is 16.5 Å². The smallest absolute Gasteiger partial charge is 0.274 e. The highest BCUT2D eigenvalue weighted by atomic mass is 32.1.